The first-order chi connectivity index (χ1) is 5.02. The number of amidine groups is 1. The molecule has 60 valence electrons. The van der Waals surface area contributed by atoms with Crippen molar-refractivity contribution >= 4 is 5.84 Å². The molecule has 2 nitrogen and oxygen atoms in total. The molecule has 1 unspecified atom stereocenters. The monoisotopic (exact) mass is 150 g/mol. The van der Waals surface area contributed by atoms with Crippen molar-refractivity contribution in [3.63, 3.8) is 0 Å². The minimum Gasteiger partial charge on any atom is -0.387 e. The topological polar surface area (TPSA) is 38.4 Å². The van der Waals surface area contributed by atoms with Gasteiger partial charge in [0, 0.05) is 5.41 Å². The predicted octanol–water partition coefficient (Wildman–Crippen LogP) is 1.47. The van der Waals surface area contributed by atoms with E-state index in [1.165, 1.54) is 11.1 Å². The maximum absolute atomic E-state index is 5.82. The van der Waals surface area contributed by atoms with E-state index in [-0.39, 0.29) is 5.41 Å². The van der Waals surface area contributed by atoms with E-state index >= 15 is 0 Å². The van der Waals surface area contributed by atoms with Gasteiger partial charge in [0.1, 0.15) is 5.84 Å². The highest BCUT2D eigenvalue weighted by Gasteiger charge is 2.42. The number of hydrogen-bond donors (Lipinski definition) is 1. The van der Waals surface area contributed by atoms with Gasteiger partial charge in [0.25, 0.3) is 0 Å². The highest BCUT2D eigenvalue weighted by Crippen LogP contribution is 2.46. The van der Waals surface area contributed by atoms with Crippen molar-refractivity contribution in [2.24, 2.45) is 16.1 Å². The molecule has 1 heterocycles. The largest absolute Gasteiger partial charge is 0.387 e. The number of fused-ring (bicyclic) bond motifs is 1. The third-order valence-electron chi connectivity index (χ3n) is 2.76. The van der Waals surface area contributed by atoms with Crippen LogP contribution >= 0.6 is 0 Å². The van der Waals surface area contributed by atoms with E-state index < -0.39 is 0 Å². The Morgan fingerprint density at radius 2 is 2.18 bits per heavy atom. The molecular weight excluding hydrogens is 136 g/mol. The summed E-state index contributed by atoms with van der Waals surface area (Å²) in [7, 11) is 0. The van der Waals surface area contributed by atoms with Gasteiger partial charge in [0.05, 0.1) is 6.04 Å². The van der Waals surface area contributed by atoms with Crippen LogP contribution in [0.1, 0.15) is 27.2 Å². The van der Waals surface area contributed by atoms with E-state index in [2.05, 4.69) is 25.8 Å². The molecule has 0 bridgehead atoms. The highest BCUT2D eigenvalue weighted by atomic mass is 15.0. The van der Waals surface area contributed by atoms with Crippen molar-refractivity contribution < 1.29 is 0 Å². The Kier molecular flexibility index (Phi) is 1.05. The second-order valence-electron chi connectivity index (χ2n) is 4.19. The normalized spacial score (nSPS) is 33.0. The summed E-state index contributed by atoms with van der Waals surface area (Å²) in [6.45, 7) is 6.46. The molecular formula is C9H14N2. The van der Waals surface area contributed by atoms with Crippen molar-refractivity contribution in [3.8, 4) is 0 Å². The molecule has 0 spiro atoms. The van der Waals surface area contributed by atoms with Crippen molar-refractivity contribution in [2.45, 2.75) is 33.2 Å². The van der Waals surface area contributed by atoms with Crippen LogP contribution < -0.4 is 5.73 Å². The molecule has 0 saturated carbocycles. The molecule has 2 aliphatic rings. The van der Waals surface area contributed by atoms with Crippen LogP contribution in [0.5, 0.6) is 0 Å². The summed E-state index contributed by atoms with van der Waals surface area (Å²) in [4.78, 5) is 4.41. The Bertz CT molecular complexity index is 271. The van der Waals surface area contributed by atoms with Crippen molar-refractivity contribution in [3.05, 3.63) is 11.1 Å². The number of nitrogens with zero attached hydrogens (tertiary/aromatic N) is 1. The zero-order valence-corrected chi connectivity index (χ0v) is 7.31. The lowest BCUT2D eigenvalue weighted by Crippen LogP contribution is -2.35. The van der Waals surface area contributed by atoms with Gasteiger partial charge in [-0.3, -0.25) is 4.99 Å². The van der Waals surface area contributed by atoms with Crippen LogP contribution in [-0.4, -0.2) is 11.9 Å². The van der Waals surface area contributed by atoms with Crippen molar-refractivity contribution in [1.82, 2.24) is 0 Å². The van der Waals surface area contributed by atoms with Gasteiger partial charge >= 0.3 is 0 Å². The van der Waals surface area contributed by atoms with Gasteiger partial charge in [-0.15, -0.1) is 0 Å². The summed E-state index contributed by atoms with van der Waals surface area (Å²) in [6.07, 6.45) is 1.11. The van der Waals surface area contributed by atoms with Gasteiger partial charge in [-0.2, -0.15) is 0 Å². The van der Waals surface area contributed by atoms with Crippen LogP contribution in [0.3, 0.4) is 0 Å². The minimum absolute atomic E-state index is 0.101. The molecule has 0 aromatic heterocycles. The molecule has 11 heavy (non-hydrogen) atoms. The lowest BCUT2D eigenvalue weighted by atomic mass is 9.85. The molecule has 0 radical (unpaired) electrons. The van der Waals surface area contributed by atoms with Crippen LogP contribution in [0.25, 0.3) is 0 Å². The average molecular weight is 150 g/mol. The van der Waals surface area contributed by atoms with Crippen LogP contribution in [0.15, 0.2) is 16.1 Å². The third kappa shape index (κ3) is 0.817. The molecule has 1 aliphatic heterocycles. The number of rotatable bonds is 0. The second-order valence-corrected chi connectivity index (χ2v) is 4.19. The molecule has 2 rings (SSSR count). The van der Waals surface area contributed by atoms with Crippen molar-refractivity contribution in [1.29, 1.82) is 0 Å². The number of aliphatic imine (C=N–C) groups is 1. The zero-order valence-electron chi connectivity index (χ0n) is 7.31. The second kappa shape index (κ2) is 1.68. The fraction of sp³-hybridized carbons (Fsp3) is 0.667. The first kappa shape index (κ1) is 6.89. The summed E-state index contributed by atoms with van der Waals surface area (Å²) in [5.41, 5.74) is 8.88. The molecule has 0 amide bonds. The van der Waals surface area contributed by atoms with Gasteiger partial charge in [0.15, 0.2) is 0 Å². The SMILES string of the molecule is CC1=C2CC(C)(C)C(N)=NC12. The Hall–Kier alpha value is -0.790. The molecule has 0 aromatic carbocycles. The highest BCUT2D eigenvalue weighted by molar-refractivity contribution is 5.89. The molecule has 0 aromatic rings. The molecule has 2 N–H and O–H groups in total. The number of nitrogens with two attached hydrogens (primary N) is 1. The number of hydrogen-bond acceptors (Lipinski definition) is 2. The quantitative estimate of drug-likeness (QED) is 0.522. The summed E-state index contributed by atoms with van der Waals surface area (Å²) in [5, 5.41) is 0. The molecule has 1 atom stereocenters. The summed E-state index contributed by atoms with van der Waals surface area (Å²) < 4.78 is 0. The molecule has 0 fully saturated rings. The van der Waals surface area contributed by atoms with E-state index in [9.17, 15) is 0 Å². The van der Waals surface area contributed by atoms with Crippen LogP contribution in [-0.2, 0) is 0 Å². The molecule has 0 saturated heterocycles. The Morgan fingerprint density at radius 3 is 2.73 bits per heavy atom. The Labute approximate surface area is 67.2 Å². The zero-order chi connectivity index (χ0) is 8.22. The van der Waals surface area contributed by atoms with Gasteiger partial charge in [-0.25, -0.2) is 0 Å². The summed E-state index contributed by atoms with van der Waals surface area (Å²) in [5.74, 6) is 0.822. The van der Waals surface area contributed by atoms with E-state index in [4.69, 9.17) is 5.73 Å². The van der Waals surface area contributed by atoms with Crippen LogP contribution in [0.2, 0.25) is 0 Å². The van der Waals surface area contributed by atoms with E-state index in [1.54, 1.807) is 0 Å². The average Bonchev–Trinajstić information content (AvgIpc) is 2.44. The Morgan fingerprint density at radius 1 is 1.55 bits per heavy atom. The fourth-order valence-corrected chi connectivity index (χ4v) is 1.66. The van der Waals surface area contributed by atoms with E-state index in [0.717, 1.165) is 12.3 Å². The van der Waals surface area contributed by atoms with Gasteiger partial charge in [0.2, 0.25) is 0 Å². The van der Waals surface area contributed by atoms with E-state index in [1.807, 2.05) is 0 Å². The van der Waals surface area contributed by atoms with Crippen LogP contribution in [0, 0.1) is 5.41 Å². The van der Waals surface area contributed by atoms with Gasteiger partial charge < -0.3 is 5.73 Å². The lowest BCUT2D eigenvalue weighted by Gasteiger charge is -2.26. The van der Waals surface area contributed by atoms with Crippen molar-refractivity contribution in [2.75, 3.05) is 0 Å². The van der Waals surface area contributed by atoms with E-state index in [0.29, 0.717) is 6.04 Å². The van der Waals surface area contributed by atoms with Gasteiger partial charge in [-0.05, 0) is 24.5 Å². The molecule has 1 aliphatic carbocycles. The lowest BCUT2D eigenvalue weighted by molar-refractivity contribution is 0.499. The fourth-order valence-electron chi connectivity index (χ4n) is 1.66. The maximum Gasteiger partial charge on any atom is 0.101 e. The first-order valence-corrected chi connectivity index (χ1v) is 4.05. The van der Waals surface area contributed by atoms with Crippen LogP contribution in [0.4, 0.5) is 0 Å². The smallest absolute Gasteiger partial charge is 0.101 e. The summed E-state index contributed by atoms with van der Waals surface area (Å²) >= 11 is 0. The standard InChI is InChI=1S/C9H14N2/c1-5-6-4-9(2,3)8(10)11-7(5)6/h7H,4H2,1-3H3,(H2,10,11). The third-order valence-corrected chi connectivity index (χ3v) is 2.76. The van der Waals surface area contributed by atoms with Gasteiger partial charge in [-0.1, -0.05) is 13.8 Å². The molecule has 2 heteroatoms. The minimum atomic E-state index is 0.101. The predicted molar refractivity (Wildman–Crippen MR) is 46.5 cm³/mol. The Balaban J connectivity index is 2.33. The summed E-state index contributed by atoms with van der Waals surface area (Å²) in [6, 6.07) is 0.406. The maximum atomic E-state index is 5.82. The first-order valence-electron chi connectivity index (χ1n) is 4.05.